The van der Waals surface area contributed by atoms with Gasteiger partial charge in [0.25, 0.3) is 0 Å². The number of carbonyl (C=O) groups excluding carboxylic acids is 4. The number of nitrogens with zero attached hydrogens (tertiary/aromatic N) is 2. The number of rotatable bonds is 5. The van der Waals surface area contributed by atoms with Gasteiger partial charge >= 0.3 is 0 Å². The predicted molar refractivity (Wildman–Crippen MR) is 110 cm³/mol. The Morgan fingerprint density at radius 2 is 2.03 bits per heavy atom. The van der Waals surface area contributed by atoms with E-state index in [1.807, 2.05) is 22.9 Å². The standard InChI is InChI=1S/C21H21N3O4S/c1-21(14-7-9-29-13-14)11-19(27)24(20(21)28)12-17(25)22-15-4-2-5-16(10-15)23-8-3-6-18(23)26/h2,4-5,7,9-10,13H,3,6,8,11-12H2,1H3,(H,22,25)/t21-/m0/s1. The minimum absolute atomic E-state index is 0.0579. The molecule has 1 aromatic heterocycles. The molecule has 2 aromatic rings. The molecule has 7 nitrogen and oxygen atoms in total. The summed E-state index contributed by atoms with van der Waals surface area (Å²) in [6.07, 6.45) is 1.40. The molecule has 1 N–H and O–H groups in total. The van der Waals surface area contributed by atoms with Crippen LogP contribution in [0, 0.1) is 0 Å². The van der Waals surface area contributed by atoms with Crippen molar-refractivity contribution in [2.75, 3.05) is 23.3 Å². The molecule has 2 saturated heterocycles. The largest absolute Gasteiger partial charge is 0.324 e. The molecule has 150 valence electrons. The molecule has 1 atom stereocenters. The molecule has 2 aliphatic rings. The third-order valence-electron chi connectivity index (χ3n) is 5.50. The lowest BCUT2D eigenvalue weighted by molar-refractivity contribution is -0.142. The Kier molecular flexibility index (Phi) is 4.96. The molecule has 8 heteroatoms. The number of nitrogens with one attached hydrogen (secondary N) is 1. The highest BCUT2D eigenvalue weighted by molar-refractivity contribution is 7.08. The summed E-state index contributed by atoms with van der Waals surface area (Å²) in [5.41, 5.74) is 1.12. The number of hydrogen-bond acceptors (Lipinski definition) is 5. The van der Waals surface area contributed by atoms with Crippen LogP contribution in [0.1, 0.15) is 31.7 Å². The van der Waals surface area contributed by atoms with Gasteiger partial charge in [-0.25, -0.2) is 0 Å². The van der Waals surface area contributed by atoms with Gasteiger partial charge in [-0.3, -0.25) is 24.1 Å². The van der Waals surface area contributed by atoms with Crippen molar-refractivity contribution in [3.05, 3.63) is 46.7 Å². The van der Waals surface area contributed by atoms with Crippen molar-refractivity contribution < 1.29 is 19.2 Å². The molecular formula is C21H21N3O4S. The van der Waals surface area contributed by atoms with Crippen LogP contribution in [-0.2, 0) is 24.6 Å². The van der Waals surface area contributed by atoms with Crippen LogP contribution >= 0.6 is 11.3 Å². The Labute approximate surface area is 172 Å². The summed E-state index contributed by atoms with van der Waals surface area (Å²) < 4.78 is 0. The van der Waals surface area contributed by atoms with Crippen LogP contribution in [0.25, 0.3) is 0 Å². The third kappa shape index (κ3) is 3.55. The van der Waals surface area contributed by atoms with Crippen molar-refractivity contribution in [3.8, 4) is 0 Å². The van der Waals surface area contributed by atoms with E-state index in [-0.39, 0.29) is 30.7 Å². The molecule has 4 amide bonds. The van der Waals surface area contributed by atoms with E-state index in [9.17, 15) is 19.2 Å². The number of hydrogen-bond donors (Lipinski definition) is 1. The fourth-order valence-corrected chi connectivity index (χ4v) is 4.65. The summed E-state index contributed by atoms with van der Waals surface area (Å²) in [4.78, 5) is 52.5. The average molecular weight is 411 g/mol. The second-order valence-corrected chi connectivity index (χ2v) is 8.33. The van der Waals surface area contributed by atoms with Crippen molar-refractivity contribution in [3.63, 3.8) is 0 Å². The maximum Gasteiger partial charge on any atom is 0.244 e. The Bertz CT molecular complexity index is 988. The van der Waals surface area contributed by atoms with E-state index in [0.717, 1.165) is 22.6 Å². The van der Waals surface area contributed by atoms with Gasteiger partial charge in [-0.15, -0.1) is 0 Å². The lowest BCUT2D eigenvalue weighted by atomic mass is 9.83. The Morgan fingerprint density at radius 3 is 2.72 bits per heavy atom. The smallest absolute Gasteiger partial charge is 0.244 e. The van der Waals surface area contributed by atoms with Gasteiger partial charge in [0.2, 0.25) is 23.6 Å². The molecule has 0 saturated carbocycles. The van der Waals surface area contributed by atoms with Gasteiger partial charge < -0.3 is 10.2 Å². The van der Waals surface area contributed by atoms with E-state index in [1.54, 1.807) is 30.0 Å². The summed E-state index contributed by atoms with van der Waals surface area (Å²) in [5, 5.41) is 6.46. The van der Waals surface area contributed by atoms with Gasteiger partial charge in [-0.1, -0.05) is 6.07 Å². The molecule has 0 aliphatic carbocycles. The molecule has 1 aromatic carbocycles. The van der Waals surface area contributed by atoms with Crippen molar-refractivity contribution in [1.29, 1.82) is 0 Å². The molecule has 2 aliphatic heterocycles. The number of carbonyl (C=O) groups is 4. The van der Waals surface area contributed by atoms with E-state index in [4.69, 9.17) is 0 Å². The van der Waals surface area contributed by atoms with Crippen LogP contribution in [0.15, 0.2) is 41.1 Å². The highest BCUT2D eigenvalue weighted by Gasteiger charge is 2.49. The summed E-state index contributed by atoms with van der Waals surface area (Å²) in [5.74, 6) is -1.09. The quantitative estimate of drug-likeness (QED) is 0.766. The normalized spacial score (nSPS) is 21.9. The Balaban J connectivity index is 1.44. The lowest BCUT2D eigenvalue weighted by Crippen LogP contribution is -2.41. The van der Waals surface area contributed by atoms with Gasteiger partial charge in [0, 0.05) is 30.8 Å². The van der Waals surface area contributed by atoms with E-state index in [1.165, 1.54) is 11.3 Å². The zero-order chi connectivity index (χ0) is 20.6. The number of imide groups is 1. The number of thiophene rings is 1. The zero-order valence-corrected chi connectivity index (χ0v) is 16.8. The molecule has 0 bridgehead atoms. The van der Waals surface area contributed by atoms with Crippen LogP contribution in [-0.4, -0.2) is 41.6 Å². The first-order chi connectivity index (χ1) is 13.9. The van der Waals surface area contributed by atoms with Crippen molar-refractivity contribution >= 4 is 46.3 Å². The molecule has 3 heterocycles. The summed E-state index contributed by atoms with van der Waals surface area (Å²) in [6.45, 7) is 2.07. The average Bonchev–Trinajstić information content (AvgIpc) is 3.41. The molecule has 0 radical (unpaired) electrons. The van der Waals surface area contributed by atoms with Crippen LogP contribution in [0.5, 0.6) is 0 Å². The van der Waals surface area contributed by atoms with Gasteiger partial charge in [0.05, 0.1) is 5.41 Å². The van der Waals surface area contributed by atoms with E-state index in [2.05, 4.69) is 5.32 Å². The van der Waals surface area contributed by atoms with Gasteiger partial charge in [0.1, 0.15) is 6.54 Å². The van der Waals surface area contributed by atoms with Crippen molar-refractivity contribution in [2.24, 2.45) is 0 Å². The van der Waals surface area contributed by atoms with Crippen molar-refractivity contribution in [2.45, 2.75) is 31.6 Å². The molecule has 4 rings (SSSR count). The van der Waals surface area contributed by atoms with Crippen LogP contribution in [0.3, 0.4) is 0 Å². The monoisotopic (exact) mass is 411 g/mol. The zero-order valence-electron chi connectivity index (χ0n) is 16.0. The number of amides is 4. The molecule has 0 spiro atoms. The van der Waals surface area contributed by atoms with Gasteiger partial charge in [0.15, 0.2) is 0 Å². The Hall–Kier alpha value is -3.00. The minimum Gasteiger partial charge on any atom is -0.324 e. The highest BCUT2D eigenvalue weighted by atomic mass is 32.1. The number of likely N-dealkylation sites (tertiary alicyclic amines) is 1. The fourth-order valence-electron chi connectivity index (χ4n) is 3.87. The van der Waals surface area contributed by atoms with E-state index < -0.39 is 11.3 Å². The van der Waals surface area contributed by atoms with Crippen LogP contribution in [0.4, 0.5) is 11.4 Å². The summed E-state index contributed by atoms with van der Waals surface area (Å²) >= 11 is 1.47. The summed E-state index contributed by atoms with van der Waals surface area (Å²) in [6, 6.07) is 8.86. The first kappa shape index (κ1) is 19.3. The van der Waals surface area contributed by atoms with Crippen molar-refractivity contribution in [1.82, 2.24) is 4.90 Å². The van der Waals surface area contributed by atoms with Crippen LogP contribution < -0.4 is 10.2 Å². The van der Waals surface area contributed by atoms with Gasteiger partial charge in [-0.05, 0) is 53.9 Å². The third-order valence-corrected chi connectivity index (χ3v) is 6.18. The maximum atomic E-state index is 12.9. The maximum absolute atomic E-state index is 12.9. The predicted octanol–water partition coefficient (Wildman–Crippen LogP) is 2.53. The minimum atomic E-state index is -0.923. The lowest BCUT2D eigenvalue weighted by Gasteiger charge is -2.21. The van der Waals surface area contributed by atoms with Gasteiger partial charge in [-0.2, -0.15) is 11.3 Å². The fraction of sp³-hybridized carbons (Fsp3) is 0.333. The first-order valence-corrected chi connectivity index (χ1v) is 10.4. The second-order valence-electron chi connectivity index (χ2n) is 7.55. The Morgan fingerprint density at radius 1 is 1.21 bits per heavy atom. The molecule has 0 unspecified atom stereocenters. The molecule has 2 fully saturated rings. The van der Waals surface area contributed by atoms with Crippen LogP contribution in [0.2, 0.25) is 0 Å². The second kappa shape index (κ2) is 7.44. The molecule has 29 heavy (non-hydrogen) atoms. The number of anilines is 2. The number of benzene rings is 1. The first-order valence-electron chi connectivity index (χ1n) is 9.46. The highest BCUT2D eigenvalue weighted by Crippen LogP contribution is 2.37. The SMILES string of the molecule is C[C@@]1(c2ccsc2)CC(=O)N(CC(=O)Nc2cccc(N3CCCC3=O)c2)C1=O. The van der Waals surface area contributed by atoms with E-state index in [0.29, 0.717) is 18.7 Å². The topological polar surface area (TPSA) is 86.8 Å². The summed E-state index contributed by atoms with van der Waals surface area (Å²) in [7, 11) is 0. The van der Waals surface area contributed by atoms with E-state index >= 15 is 0 Å². The molecular weight excluding hydrogens is 390 g/mol.